The quantitative estimate of drug-likeness (QED) is 0.888. The lowest BCUT2D eigenvalue weighted by Crippen LogP contribution is -2.63. The highest BCUT2D eigenvalue weighted by Crippen LogP contribution is 2.38. The highest BCUT2D eigenvalue weighted by Gasteiger charge is 2.41. The van der Waals surface area contributed by atoms with Gasteiger partial charge in [-0.1, -0.05) is 37.4 Å². The number of para-hydroxylation sites is 1. The van der Waals surface area contributed by atoms with Crippen LogP contribution in [-0.4, -0.2) is 24.7 Å². The highest BCUT2D eigenvalue weighted by molar-refractivity contribution is 6.33. The summed E-state index contributed by atoms with van der Waals surface area (Å²) in [4.78, 5) is 2.21. The molecule has 0 amide bonds. The summed E-state index contributed by atoms with van der Waals surface area (Å²) < 4.78 is 14.3. The summed E-state index contributed by atoms with van der Waals surface area (Å²) in [6, 6.07) is 5.29. The molecule has 1 saturated carbocycles. The van der Waals surface area contributed by atoms with Gasteiger partial charge >= 0.3 is 0 Å². The van der Waals surface area contributed by atoms with Crippen molar-refractivity contribution in [2.24, 2.45) is 0 Å². The van der Waals surface area contributed by atoms with Crippen LogP contribution in [0.5, 0.6) is 0 Å². The van der Waals surface area contributed by atoms with Gasteiger partial charge in [0.05, 0.1) is 10.7 Å². The normalized spacial score (nSPS) is 25.4. The lowest BCUT2D eigenvalue weighted by Gasteiger charge is -2.47. The van der Waals surface area contributed by atoms with E-state index in [0.717, 1.165) is 19.5 Å². The molecular weight excluding hydrogens is 275 g/mol. The number of nitrogens with zero attached hydrogens (tertiary/aromatic N) is 1. The Kier molecular flexibility index (Phi) is 3.91. The Bertz CT molecular complexity index is 465. The smallest absolute Gasteiger partial charge is 0.148 e. The molecule has 3 rings (SSSR count). The molecule has 1 aliphatic heterocycles. The molecule has 1 aromatic rings. The van der Waals surface area contributed by atoms with Gasteiger partial charge in [-0.2, -0.15) is 0 Å². The second kappa shape index (κ2) is 5.53. The number of hydrogen-bond acceptors (Lipinski definition) is 2. The van der Waals surface area contributed by atoms with Gasteiger partial charge in [0.2, 0.25) is 0 Å². The Labute approximate surface area is 125 Å². The van der Waals surface area contributed by atoms with E-state index in [2.05, 4.69) is 17.1 Å². The highest BCUT2D eigenvalue weighted by atomic mass is 35.5. The number of anilines is 1. The van der Waals surface area contributed by atoms with Gasteiger partial charge in [-0.25, -0.2) is 4.39 Å². The topological polar surface area (TPSA) is 15.3 Å². The maximum Gasteiger partial charge on any atom is 0.148 e. The van der Waals surface area contributed by atoms with Gasteiger partial charge in [0.25, 0.3) is 0 Å². The number of rotatable bonds is 2. The van der Waals surface area contributed by atoms with Crippen LogP contribution in [0.15, 0.2) is 18.2 Å². The molecule has 1 heterocycles. The van der Waals surface area contributed by atoms with Crippen molar-refractivity contribution in [1.29, 1.82) is 0 Å². The molecule has 2 nitrogen and oxygen atoms in total. The van der Waals surface area contributed by atoms with E-state index < -0.39 is 0 Å². The first-order valence-corrected chi connectivity index (χ1v) is 7.99. The SMILES string of the molecule is CCC1CNC2(CCCC2)CN1c1c(F)cccc1Cl. The van der Waals surface area contributed by atoms with Crippen molar-refractivity contribution in [1.82, 2.24) is 5.32 Å². The molecule has 0 radical (unpaired) electrons. The molecule has 0 aromatic heterocycles. The molecule has 0 bridgehead atoms. The molecule has 1 spiro atoms. The fraction of sp³-hybridized carbons (Fsp3) is 0.625. The Hall–Kier alpha value is -0.800. The van der Waals surface area contributed by atoms with Crippen molar-refractivity contribution in [2.75, 3.05) is 18.0 Å². The van der Waals surface area contributed by atoms with Gasteiger partial charge in [0, 0.05) is 24.7 Å². The first-order valence-electron chi connectivity index (χ1n) is 7.61. The number of benzene rings is 1. The molecule has 2 aliphatic rings. The average molecular weight is 297 g/mol. The number of hydrogen-bond donors (Lipinski definition) is 1. The summed E-state index contributed by atoms with van der Waals surface area (Å²) in [5.41, 5.74) is 0.755. The third-order valence-electron chi connectivity index (χ3n) is 4.88. The summed E-state index contributed by atoms with van der Waals surface area (Å²) in [5.74, 6) is -0.203. The van der Waals surface area contributed by atoms with E-state index in [4.69, 9.17) is 11.6 Å². The summed E-state index contributed by atoms with van der Waals surface area (Å²) >= 11 is 6.28. The van der Waals surface area contributed by atoms with Crippen LogP contribution < -0.4 is 10.2 Å². The molecule has 1 aromatic carbocycles. The number of nitrogens with one attached hydrogen (secondary N) is 1. The Balaban J connectivity index is 1.95. The maximum absolute atomic E-state index is 14.3. The molecular formula is C16H22ClFN2. The van der Waals surface area contributed by atoms with Gasteiger partial charge in [-0.05, 0) is 31.4 Å². The predicted molar refractivity (Wildman–Crippen MR) is 82.0 cm³/mol. The third kappa shape index (κ3) is 2.42. The van der Waals surface area contributed by atoms with Crippen LogP contribution in [0.25, 0.3) is 0 Å². The van der Waals surface area contributed by atoms with E-state index >= 15 is 0 Å². The Morgan fingerprint density at radius 1 is 1.40 bits per heavy atom. The average Bonchev–Trinajstić information content (AvgIpc) is 2.87. The summed E-state index contributed by atoms with van der Waals surface area (Å²) in [7, 11) is 0. The second-order valence-electron chi connectivity index (χ2n) is 6.13. The fourth-order valence-corrected chi connectivity index (χ4v) is 4.00. The van der Waals surface area contributed by atoms with Crippen molar-refractivity contribution in [3.8, 4) is 0 Å². The minimum atomic E-state index is -0.203. The lowest BCUT2D eigenvalue weighted by atomic mass is 9.91. The summed E-state index contributed by atoms with van der Waals surface area (Å²) in [5, 5.41) is 4.25. The number of piperazine rings is 1. The van der Waals surface area contributed by atoms with E-state index in [1.807, 2.05) is 0 Å². The molecule has 1 unspecified atom stereocenters. The van der Waals surface area contributed by atoms with E-state index in [0.29, 0.717) is 16.8 Å². The molecule has 1 atom stereocenters. The van der Waals surface area contributed by atoms with Crippen LogP contribution in [0.3, 0.4) is 0 Å². The van der Waals surface area contributed by atoms with Crippen molar-refractivity contribution in [3.63, 3.8) is 0 Å². The van der Waals surface area contributed by atoms with Crippen LogP contribution in [0, 0.1) is 5.82 Å². The standard InChI is InChI=1S/C16H22ClFN2/c1-2-12-10-19-16(8-3-4-9-16)11-20(12)15-13(17)6-5-7-14(15)18/h5-7,12,19H,2-4,8-11H2,1H3. The number of halogens is 2. The Morgan fingerprint density at radius 3 is 2.80 bits per heavy atom. The summed E-state index contributed by atoms with van der Waals surface area (Å²) in [6.45, 7) is 3.94. The maximum atomic E-state index is 14.3. The van der Waals surface area contributed by atoms with Crippen LogP contribution >= 0.6 is 11.6 Å². The monoisotopic (exact) mass is 296 g/mol. The molecule has 1 N–H and O–H groups in total. The largest absolute Gasteiger partial charge is 0.362 e. The Morgan fingerprint density at radius 2 is 2.15 bits per heavy atom. The third-order valence-corrected chi connectivity index (χ3v) is 5.19. The summed E-state index contributed by atoms with van der Waals surface area (Å²) in [6.07, 6.45) is 5.90. The van der Waals surface area contributed by atoms with Gasteiger partial charge in [-0.3, -0.25) is 0 Å². The minimum Gasteiger partial charge on any atom is -0.362 e. The van der Waals surface area contributed by atoms with Crippen molar-refractivity contribution >= 4 is 17.3 Å². The van der Waals surface area contributed by atoms with Gasteiger partial charge in [0.15, 0.2) is 0 Å². The zero-order chi connectivity index (χ0) is 14.2. The van der Waals surface area contributed by atoms with Crippen molar-refractivity contribution in [2.45, 2.75) is 50.6 Å². The molecule has 4 heteroatoms. The molecule has 2 fully saturated rings. The van der Waals surface area contributed by atoms with Crippen molar-refractivity contribution in [3.05, 3.63) is 29.0 Å². The van der Waals surface area contributed by atoms with Crippen LogP contribution in [0.2, 0.25) is 5.02 Å². The van der Waals surface area contributed by atoms with Crippen LogP contribution in [-0.2, 0) is 0 Å². The van der Waals surface area contributed by atoms with Gasteiger partial charge in [0.1, 0.15) is 5.82 Å². The molecule has 1 saturated heterocycles. The lowest BCUT2D eigenvalue weighted by molar-refractivity contribution is 0.266. The first kappa shape index (κ1) is 14.2. The van der Waals surface area contributed by atoms with E-state index in [1.165, 1.54) is 31.7 Å². The second-order valence-corrected chi connectivity index (χ2v) is 6.54. The molecule has 20 heavy (non-hydrogen) atoms. The first-order chi connectivity index (χ1) is 9.65. The van der Waals surface area contributed by atoms with Crippen LogP contribution in [0.1, 0.15) is 39.0 Å². The zero-order valence-electron chi connectivity index (χ0n) is 12.0. The van der Waals surface area contributed by atoms with E-state index in [9.17, 15) is 4.39 Å². The fourth-order valence-electron chi connectivity index (χ4n) is 3.73. The molecule has 1 aliphatic carbocycles. The van der Waals surface area contributed by atoms with Gasteiger partial charge < -0.3 is 10.2 Å². The zero-order valence-corrected chi connectivity index (χ0v) is 12.7. The minimum absolute atomic E-state index is 0.164. The van der Waals surface area contributed by atoms with E-state index in [-0.39, 0.29) is 11.4 Å². The van der Waals surface area contributed by atoms with E-state index in [1.54, 1.807) is 12.1 Å². The predicted octanol–water partition coefficient (Wildman–Crippen LogP) is 3.98. The van der Waals surface area contributed by atoms with Crippen LogP contribution in [0.4, 0.5) is 10.1 Å². The van der Waals surface area contributed by atoms with Crippen molar-refractivity contribution < 1.29 is 4.39 Å². The molecule has 110 valence electrons. The van der Waals surface area contributed by atoms with Gasteiger partial charge in [-0.15, -0.1) is 0 Å².